The lowest BCUT2D eigenvalue weighted by molar-refractivity contribution is 1.19. The van der Waals surface area contributed by atoms with Gasteiger partial charge >= 0.3 is 0 Å². The molecule has 0 atom stereocenters. The Morgan fingerprint density at radius 1 is 1.31 bits per heavy atom. The van der Waals surface area contributed by atoms with E-state index in [1.54, 1.807) is 0 Å². The Morgan fingerprint density at radius 2 is 1.85 bits per heavy atom. The van der Waals surface area contributed by atoms with Gasteiger partial charge in [-0.25, -0.2) is 0 Å². The zero-order chi connectivity index (χ0) is 9.84. The lowest BCUT2D eigenvalue weighted by atomic mass is 9.99. The van der Waals surface area contributed by atoms with E-state index in [0.29, 0.717) is 0 Å². The second-order valence-electron chi connectivity index (χ2n) is 3.22. The van der Waals surface area contributed by atoms with Crippen LogP contribution in [0.25, 0.3) is 0 Å². The molecule has 1 rings (SSSR count). The average molecular weight is 237 g/mol. The normalized spacial score (nSPS) is 9.69. The second-order valence-corrected chi connectivity index (χ2v) is 3.78. The van der Waals surface area contributed by atoms with Crippen LogP contribution in [-0.2, 0) is 11.8 Å². The van der Waals surface area contributed by atoms with Crippen LogP contribution in [0.5, 0.6) is 0 Å². The fraction of sp³-hybridized carbons (Fsp3) is 0.333. The van der Waals surface area contributed by atoms with Crippen LogP contribution in [0.15, 0.2) is 12.1 Å². The maximum Gasteiger partial charge on any atom is 0.0337 e. The van der Waals surface area contributed by atoms with Crippen LogP contribution >= 0.6 is 15.9 Å². The summed E-state index contributed by atoms with van der Waals surface area (Å²) < 4.78 is 0. The molecular formula is C12H13Br. The fourth-order valence-electron chi connectivity index (χ4n) is 1.51. The van der Waals surface area contributed by atoms with Crippen LogP contribution in [0.3, 0.4) is 0 Å². The smallest absolute Gasteiger partial charge is 0.0337 e. The molecule has 1 aromatic rings. The summed E-state index contributed by atoms with van der Waals surface area (Å²) in [7, 11) is 0. The number of halogens is 1. The Morgan fingerprint density at radius 3 is 2.23 bits per heavy atom. The van der Waals surface area contributed by atoms with Gasteiger partial charge in [0, 0.05) is 11.8 Å². The third-order valence-electron chi connectivity index (χ3n) is 2.20. The first kappa shape index (κ1) is 10.3. The van der Waals surface area contributed by atoms with Crippen LogP contribution in [0.1, 0.15) is 22.3 Å². The summed E-state index contributed by atoms with van der Waals surface area (Å²) >= 11 is 3.48. The standard InChI is InChI=1S/C12H13Br/c1-4-5-11-6-9(2)12(8-13)10(3)7-11/h1,6-7H,5,8H2,2-3H3. The highest BCUT2D eigenvalue weighted by molar-refractivity contribution is 9.08. The molecule has 0 bridgehead atoms. The van der Waals surface area contributed by atoms with E-state index in [1.165, 1.54) is 22.3 Å². The third kappa shape index (κ3) is 2.35. The van der Waals surface area contributed by atoms with Gasteiger partial charge in [0.1, 0.15) is 0 Å². The molecule has 68 valence electrons. The fourth-order valence-corrected chi connectivity index (χ4v) is 2.40. The van der Waals surface area contributed by atoms with Crippen molar-refractivity contribution in [3.63, 3.8) is 0 Å². The summed E-state index contributed by atoms with van der Waals surface area (Å²) in [5.41, 5.74) is 5.26. The molecule has 0 aromatic heterocycles. The van der Waals surface area contributed by atoms with E-state index in [9.17, 15) is 0 Å². The van der Waals surface area contributed by atoms with Crippen molar-refractivity contribution >= 4 is 15.9 Å². The van der Waals surface area contributed by atoms with Crippen LogP contribution < -0.4 is 0 Å². The lowest BCUT2D eigenvalue weighted by Crippen LogP contribution is -1.93. The molecule has 0 amide bonds. The van der Waals surface area contributed by atoms with Gasteiger partial charge in [0.25, 0.3) is 0 Å². The molecule has 0 fully saturated rings. The van der Waals surface area contributed by atoms with Crippen molar-refractivity contribution in [2.24, 2.45) is 0 Å². The predicted octanol–water partition coefficient (Wildman–Crippen LogP) is 3.37. The van der Waals surface area contributed by atoms with Crippen LogP contribution in [0.4, 0.5) is 0 Å². The minimum absolute atomic E-state index is 0.726. The molecule has 1 heteroatoms. The molecule has 0 aliphatic rings. The van der Waals surface area contributed by atoms with E-state index in [4.69, 9.17) is 6.42 Å². The summed E-state index contributed by atoms with van der Waals surface area (Å²) in [5.74, 6) is 2.66. The molecule has 0 saturated heterocycles. The van der Waals surface area contributed by atoms with Crippen molar-refractivity contribution in [2.45, 2.75) is 25.6 Å². The number of hydrogen-bond acceptors (Lipinski definition) is 0. The van der Waals surface area contributed by atoms with Gasteiger partial charge < -0.3 is 0 Å². The Bertz CT molecular complexity index is 322. The monoisotopic (exact) mass is 236 g/mol. The number of hydrogen-bond donors (Lipinski definition) is 0. The molecule has 0 saturated carbocycles. The molecule has 0 unspecified atom stereocenters. The number of benzene rings is 1. The molecular weight excluding hydrogens is 224 g/mol. The quantitative estimate of drug-likeness (QED) is 0.546. The van der Waals surface area contributed by atoms with Crippen molar-refractivity contribution in [3.8, 4) is 12.3 Å². The molecule has 1 aromatic carbocycles. The Hall–Kier alpha value is -0.740. The Labute approximate surface area is 88.5 Å². The molecule has 0 N–H and O–H groups in total. The van der Waals surface area contributed by atoms with E-state index in [-0.39, 0.29) is 0 Å². The van der Waals surface area contributed by atoms with Crippen molar-refractivity contribution in [1.82, 2.24) is 0 Å². The number of alkyl halides is 1. The summed E-state index contributed by atoms with van der Waals surface area (Å²) in [6, 6.07) is 4.34. The molecule has 13 heavy (non-hydrogen) atoms. The number of terminal acetylenes is 1. The van der Waals surface area contributed by atoms with Gasteiger partial charge in [0.15, 0.2) is 0 Å². The van der Waals surface area contributed by atoms with Crippen molar-refractivity contribution in [2.75, 3.05) is 0 Å². The summed E-state index contributed by atoms with van der Waals surface area (Å²) in [4.78, 5) is 0. The van der Waals surface area contributed by atoms with Gasteiger partial charge in [0.05, 0.1) is 0 Å². The Kier molecular flexibility index (Phi) is 3.57. The second kappa shape index (κ2) is 4.48. The van der Waals surface area contributed by atoms with Gasteiger partial charge in [0.2, 0.25) is 0 Å². The first-order valence-corrected chi connectivity index (χ1v) is 5.39. The molecule has 0 heterocycles. The maximum atomic E-state index is 5.27. The number of aryl methyl sites for hydroxylation is 2. The highest BCUT2D eigenvalue weighted by atomic mass is 79.9. The predicted molar refractivity (Wildman–Crippen MR) is 61.1 cm³/mol. The molecule has 0 spiro atoms. The highest BCUT2D eigenvalue weighted by Gasteiger charge is 2.02. The van der Waals surface area contributed by atoms with Gasteiger partial charge in [-0.1, -0.05) is 28.1 Å². The van der Waals surface area contributed by atoms with E-state index >= 15 is 0 Å². The van der Waals surface area contributed by atoms with Crippen LogP contribution in [0, 0.1) is 26.2 Å². The zero-order valence-corrected chi connectivity index (χ0v) is 9.61. The van der Waals surface area contributed by atoms with Gasteiger partial charge in [-0.2, -0.15) is 0 Å². The summed E-state index contributed by atoms with van der Waals surface area (Å²) in [6.07, 6.45) is 6.00. The molecule has 0 aliphatic heterocycles. The summed E-state index contributed by atoms with van der Waals surface area (Å²) in [5, 5.41) is 0.918. The molecule has 0 radical (unpaired) electrons. The highest BCUT2D eigenvalue weighted by Crippen LogP contribution is 2.19. The largest absolute Gasteiger partial charge is 0.120 e. The van der Waals surface area contributed by atoms with Gasteiger partial charge in [-0.05, 0) is 36.1 Å². The van der Waals surface area contributed by atoms with Crippen molar-refractivity contribution < 1.29 is 0 Å². The minimum atomic E-state index is 0.726. The maximum absolute atomic E-state index is 5.27. The summed E-state index contributed by atoms with van der Waals surface area (Å²) in [6.45, 7) is 4.26. The van der Waals surface area contributed by atoms with Crippen LogP contribution in [0.2, 0.25) is 0 Å². The van der Waals surface area contributed by atoms with Crippen LogP contribution in [-0.4, -0.2) is 0 Å². The first-order valence-electron chi connectivity index (χ1n) is 4.27. The average Bonchev–Trinajstić information content (AvgIpc) is 2.04. The zero-order valence-electron chi connectivity index (χ0n) is 8.02. The van der Waals surface area contributed by atoms with E-state index in [1.807, 2.05) is 0 Å². The first-order chi connectivity index (χ1) is 6.19. The lowest BCUT2D eigenvalue weighted by Gasteiger charge is -2.08. The third-order valence-corrected chi connectivity index (χ3v) is 2.76. The molecule has 0 aliphatic carbocycles. The van der Waals surface area contributed by atoms with E-state index < -0.39 is 0 Å². The van der Waals surface area contributed by atoms with Crippen molar-refractivity contribution in [3.05, 3.63) is 34.4 Å². The minimum Gasteiger partial charge on any atom is -0.120 e. The van der Waals surface area contributed by atoms with E-state index in [2.05, 4.69) is 47.8 Å². The number of rotatable bonds is 2. The van der Waals surface area contributed by atoms with Gasteiger partial charge in [-0.3, -0.25) is 0 Å². The SMILES string of the molecule is C#CCc1cc(C)c(CBr)c(C)c1. The van der Waals surface area contributed by atoms with Gasteiger partial charge in [-0.15, -0.1) is 12.3 Å². The topological polar surface area (TPSA) is 0 Å². The van der Waals surface area contributed by atoms with E-state index in [0.717, 1.165) is 11.8 Å². The van der Waals surface area contributed by atoms with Crippen molar-refractivity contribution in [1.29, 1.82) is 0 Å². The Balaban J connectivity index is 3.14. The molecule has 0 nitrogen and oxygen atoms in total.